The zero-order valence-electron chi connectivity index (χ0n) is 19.5. The van der Waals surface area contributed by atoms with Gasteiger partial charge in [0, 0.05) is 11.5 Å². The molecular formula is C28H44O2. The average Bonchev–Trinajstić information content (AvgIpc) is 2.79. The highest BCUT2D eigenvalue weighted by Crippen LogP contribution is 2.41. The molecule has 0 N–H and O–H groups in total. The van der Waals surface area contributed by atoms with Crippen LogP contribution in [0, 0.1) is 17.8 Å². The molecule has 1 unspecified atom stereocenters. The molecule has 0 aromatic heterocycles. The second kappa shape index (κ2) is 12.7. The van der Waals surface area contributed by atoms with Crippen LogP contribution in [0.25, 0.3) is 0 Å². The van der Waals surface area contributed by atoms with E-state index >= 15 is 0 Å². The van der Waals surface area contributed by atoms with Crippen molar-refractivity contribution in [2.75, 3.05) is 13.2 Å². The Kier molecular flexibility index (Phi) is 9.94. The van der Waals surface area contributed by atoms with Gasteiger partial charge >= 0.3 is 0 Å². The molecule has 0 radical (unpaired) electrons. The lowest BCUT2D eigenvalue weighted by Crippen LogP contribution is -2.27. The molecule has 2 aliphatic rings. The quantitative estimate of drug-likeness (QED) is 0.269. The monoisotopic (exact) mass is 412 g/mol. The highest BCUT2D eigenvalue weighted by molar-refractivity contribution is 5.27. The van der Waals surface area contributed by atoms with Gasteiger partial charge in [-0.25, -0.2) is 0 Å². The van der Waals surface area contributed by atoms with Crippen molar-refractivity contribution in [2.45, 2.75) is 96.7 Å². The van der Waals surface area contributed by atoms with E-state index in [1.165, 1.54) is 69.8 Å². The first kappa shape index (κ1) is 23.5. The zero-order chi connectivity index (χ0) is 21.2. The van der Waals surface area contributed by atoms with Gasteiger partial charge in [-0.15, -0.1) is 6.58 Å². The van der Waals surface area contributed by atoms with Gasteiger partial charge in [-0.05, 0) is 49.0 Å². The molecule has 0 amide bonds. The molecule has 2 heteroatoms. The molecule has 1 aromatic carbocycles. The summed E-state index contributed by atoms with van der Waals surface area (Å²) >= 11 is 0. The standard InChI is InChI=1S/C28H44O2/c1-4-7-8-11-23-20-29-28(30-21-23)26-18-16-25(17-19-26)27(10-6-3)24-14-12-22(9-5-2)13-15-24/h6,16-19,22-24,27-28H,3-5,7-15,20-21H2,1-2H3/t22-,23-,24-,27?,28-. The second-order valence-corrected chi connectivity index (χ2v) is 9.73. The van der Waals surface area contributed by atoms with E-state index in [-0.39, 0.29) is 6.29 Å². The Balaban J connectivity index is 1.54. The van der Waals surface area contributed by atoms with Gasteiger partial charge < -0.3 is 9.47 Å². The minimum atomic E-state index is -0.191. The molecule has 168 valence electrons. The van der Waals surface area contributed by atoms with Crippen molar-refractivity contribution in [3.05, 3.63) is 48.0 Å². The highest BCUT2D eigenvalue weighted by atomic mass is 16.7. The third kappa shape index (κ3) is 6.69. The third-order valence-electron chi connectivity index (χ3n) is 7.40. The minimum absolute atomic E-state index is 0.191. The second-order valence-electron chi connectivity index (χ2n) is 9.73. The summed E-state index contributed by atoms with van der Waals surface area (Å²) in [5.41, 5.74) is 2.63. The fourth-order valence-electron chi connectivity index (χ4n) is 5.55. The van der Waals surface area contributed by atoms with E-state index in [0.29, 0.717) is 11.8 Å². The van der Waals surface area contributed by atoms with Gasteiger partial charge in [0.15, 0.2) is 6.29 Å². The van der Waals surface area contributed by atoms with Crippen molar-refractivity contribution in [3.8, 4) is 0 Å². The maximum Gasteiger partial charge on any atom is 0.183 e. The number of benzene rings is 1. The molecule has 1 saturated heterocycles. The number of allylic oxidation sites excluding steroid dienone is 1. The summed E-state index contributed by atoms with van der Waals surface area (Å²) in [7, 11) is 0. The fourth-order valence-corrected chi connectivity index (χ4v) is 5.55. The van der Waals surface area contributed by atoms with E-state index in [9.17, 15) is 0 Å². The number of ether oxygens (including phenoxy) is 2. The molecule has 1 saturated carbocycles. The van der Waals surface area contributed by atoms with Crippen LogP contribution in [0.4, 0.5) is 0 Å². The first-order chi connectivity index (χ1) is 14.7. The number of hydrogen-bond donors (Lipinski definition) is 0. The van der Waals surface area contributed by atoms with Crippen LogP contribution >= 0.6 is 0 Å². The fraction of sp³-hybridized carbons (Fsp3) is 0.714. The summed E-state index contributed by atoms with van der Waals surface area (Å²) < 4.78 is 12.1. The van der Waals surface area contributed by atoms with E-state index in [2.05, 4.69) is 50.8 Å². The first-order valence-corrected chi connectivity index (χ1v) is 12.7. The van der Waals surface area contributed by atoms with Crippen molar-refractivity contribution < 1.29 is 9.47 Å². The largest absolute Gasteiger partial charge is 0.348 e. The molecule has 1 heterocycles. The van der Waals surface area contributed by atoms with Crippen LogP contribution in [0.5, 0.6) is 0 Å². The molecule has 1 aliphatic heterocycles. The summed E-state index contributed by atoms with van der Waals surface area (Å²) in [5.74, 6) is 2.93. The van der Waals surface area contributed by atoms with Crippen molar-refractivity contribution in [1.29, 1.82) is 0 Å². The maximum atomic E-state index is 6.07. The average molecular weight is 413 g/mol. The molecular weight excluding hydrogens is 368 g/mol. The van der Waals surface area contributed by atoms with Gasteiger partial charge in [0.05, 0.1) is 13.2 Å². The summed E-state index contributed by atoms with van der Waals surface area (Å²) in [6.45, 7) is 10.3. The van der Waals surface area contributed by atoms with Crippen molar-refractivity contribution in [1.82, 2.24) is 0 Å². The maximum absolute atomic E-state index is 6.07. The van der Waals surface area contributed by atoms with E-state index < -0.39 is 0 Å². The predicted octanol–water partition coefficient (Wildman–Crippen LogP) is 8.19. The Morgan fingerprint density at radius 2 is 1.60 bits per heavy atom. The Labute approximate surface area is 185 Å². The smallest absolute Gasteiger partial charge is 0.183 e. The Hall–Kier alpha value is -1.12. The van der Waals surface area contributed by atoms with Gasteiger partial charge in [0.25, 0.3) is 0 Å². The van der Waals surface area contributed by atoms with Crippen LogP contribution in [0.1, 0.15) is 108 Å². The van der Waals surface area contributed by atoms with Crippen LogP contribution < -0.4 is 0 Å². The summed E-state index contributed by atoms with van der Waals surface area (Å²) in [6, 6.07) is 9.11. The van der Waals surface area contributed by atoms with Crippen molar-refractivity contribution in [3.63, 3.8) is 0 Å². The SMILES string of the molecule is C=CCC(c1ccc([C@H]2OC[C@H](CCCCC)CO2)cc1)[C@H]1CC[C@H](CCC)CC1. The lowest BCUT2D eigenvalue weighted by molar-refractivity contribution is -0.206. The molecule has 0 spiro atoms. The summed E-state index contributed by atoms with van der Waals surface area (Å²) in [5, 5.41) is 0. The molecule has 3 rings (SSSR count). The summed E-state index contributed by atoms with van der Waals surface area (Å²) in [4.78, 5) is 0. The number of hydrogen-bond acceptors (Lipinski definition) is 2. The lowest BCUT2D eigenvalue weighted by atomic mass is 9.71. The normalized spacial score (nSPS) is 28.2. The summed E-state index contributed by atoms with van der Waals surface area (Å²) in [6.07, 6.45) is 16.4. The van der Waals surface area contributed by atoms with Crippen LogP contribution in [0.15, 0.2) is 36.9 Å². The van der Waals surface area contributed by atoms with Gasteiger partial charge in [0.1, 0.15) is 0 Å². The van der Waals surface area contributed by atoms with E-state index in [1.807, 2.05) is 0 Å². The van der Waals surface area contributed by atoms with Gasteiger partial charge in [0.2, 0.25) is 0 Å². The molecule has 0 bridgehead atoms. The van der Waals surface area contributed by atoms with Gasteiger partial charge in [-0.3, -0.25) is 0 Å². The molecule has 2 nitrogen and oxygen atoms in total. The molecule has 30 heavy (non-hydrogen) atoms. The third-order valence-corrected chi connectivity index (χ3v) is 7.40. The topological polar surface area (TPSA) is 18.5 Å². The number of rotatable bonds is 11. The number of unbranched alkanes of at least 4 members (excludes halogenated alkanes) is 2. The van der Waals surface area contributed by atoms with Crippen LogP contribution in [-0.4, -0.2) is 13.2 Å². The Morgan fingerprint density at radius 3 is 2.20 bits per heavy atom. The van der Waals surface area contributed by atoms with Crippen LogP contribution in [0.3, 0.4) is 0 Å². The molecule has 1 atom stereocenters. The van der Waals surface area contributed by atoms with E-state index in [4.69, 9.17) is 9.47 Å². The molecule has 1 aliphatic carbocycles. The van der Waals surface area contributed by atoms with Crippen molar-refractivity contribution in [2.24, 2.45) is 17.8 Å². The van der Waals surface area contributed by atoms with Crippen LogP contribution in [-0.2, 0) is 9.47 Å². The van der Waals surface area contributed by atoms with Crippen LogP contribution in [0.2, 0.25) is 0 Å². The first-order valence-electron chi connectivity index (χ1n) is 12.7. The van der Waals surface area contributed by atoms with E-state index in [0.717, 1.165) is 37.0 Å². The zero-order valence-corrected chi connectivity index (χ0v) is 19.5. The van der Waals surface area contributed by atoms with Gasteiger partial charge in [-0.2, -0.15) is 0 Å². The predicted molar refractivity (Wildman–Crippen MR) is 127 cm³/mol. The lowest BCUT2D eigenvalue weighted by Gasteiger charge is -2.34. The minimum Gasteiger partial charge on any atom is -0.348 e. The van der Waals surface area contributed by atoms with Crippen molar-refractivity contribution >= 4 is 0 Å². The molecule has 2 fully saturated rings. The highest BCUT2D eigenvalue weighted by Gasteiger charge is 2.28. The van der Waals surface area contributed by atoms with Gasteiger partial charge in [-0.1, -0.05) is 89.1 Å². The van der Waals surface area contributed by atoms with E-state index in [1.54, 1.807) is 0 Å². The molecule has 1 aromatic rings. The Morgan fingerprint density at radius 1 is 0.900 bits per heavy atom. The Bertz CT molecular complexity index is 592.